The fourth-order valence-electron chi connectivity index (χ4n) is 2.74. The molecule has 2 rings (SSSR count). The number of benzene rings is 1. The number of rotatable bonds is 5. The van der Waals surface area contributed by atoms with Crippen molar-refractivity contribution in [2.45, 2.75) is 38.8 Å². The molecular weight excluding hydrogens is 268 g/mol. The lowest BCUT2D eigenvalue weighted by Gasteiger charge is -2.57. The van der Waals surface area contributed by atoms with Crippen LogP contribution in [0.2, 0.25) is 0 Å². The van der Waals surface area contributed by atoms with Crippen molar-refractivity contribution in [3.05, 3.63) is 24.3 Å². The molecule has 1 amide bonds. The number of hydrogen-bond donors (Lipinski definition) is 2. The number of nitrogens with two attached hydrogens (primary N) is 1. The molecular formula is C16H24N2O3. The van der Waals surface area contributed by atoms with Gasteiger partial charge in [0.25, 0.3) is 0 Å². The predicted octanol–water partition coefficient (Wildman–Crippen LogP) is 2.17. The maximum absolute atomic E-state index is 12.5. The number of hydrogen-bond acceptors (Lipinski definition) is 4. The molecule has 21 heavy (non-hydrogen) atoms. The first-order chi connectivity index (χ1) is 9.85. The second-order valence-electron chi connectivity index (χ2n) is 6.02. The third kappa shape index (κ3) is 2.63. The highest BCUT2D eigenvalue weighted by Crippen LogP contribution is 2.50. The number of carbonyl (C=O) groups is 1. The number of carbonyl (C=O) groups excluding carboxylic acids is 1. The highest BCUT2D eigenvalue weighted by molar-refractivity contribution is 5.99. The van der Waals surface area contributed by atoms with Crippen LogP contribution in [0.4, 0.5) is 5.69 Å². The topological polar surface area (TPSA) is 73.6 Å². The van der Waals surface area contributed by atoms with E-state index in [-0.39, 0.29) is 17.4 Å². The Balaban J connectivity index is 2.06. The fourth-order valence-corrected chi connectivity index (χ4v) is 2.74. The third-order valence-corrected chi connectivity index (χ3v) is 4.58. The Hall–Kier alpha value is -1.59. The molecule has 1 aliphatic carbocycles. The monoisotopic (exact) mass is 292 g/mol. The van der Waals surface area contributed by atoms with Gasteiger partial charge in [0.15, 0.2) is 0 Å². The van der Waals surface area contributed by atoms with Gasteiger partial charge in [-0.25, -0.2) is 0 Å². The molecule has 5 nitrogen and oxygen atoms in total. The van der Waals surface area contributed by atoms with E-state index in [2.05, 4.69) is 5.32 Å². The summed E-state index contributed by atoms with van der Waals surface area (Å²) < 4.78 is 10.7. The van der Waals surface area contributed by atoms with Crippen molar-refractivity contribution in [1.82, 2.24) is 0 Å². The van der Waals surface area contributed by atoms with E-state index in [0.717, 1.165) is 5.75 Å². The van der Waals surface area contributed by atoms with Crippen molar-refractivity contribution in [2.24, 2.45) is 11.1 Å². The van der Waals surface area contributed by atoms with Gasteiger partial charge >= 0.3 is 0 Å². The number of ether oxygens (including phenoxy) is 2. The molecule has 0 aliphatic heterocycles. The first-order valence-corrected chi connectivity index (χ1v) is 7.21. The Morgan fingerprint density at radius 2 is 2.00 bits per heavy atom. The van der Waals surface area contributed by atoms with Crippen LogP contribution in [0.3, 0.4) is 0 Å². The number of nitrogens with one attached hydrogen (secondary N) is 1. The van der Waals surface area contributed by atoms with Crippen molar-refractivity contribution < 1.29 is 14.3 Å². The summed E-state index contributed by atoms with van der Waals surface area (Å²) in [5.74, 6) is 0.574. The summed E-state index contributed by atoms with van der Waals surface area (Å²) in [6.07, 6.45) is 0.560. The summed E-state index contributed by atoms with van der Waals surface area (Å²) in [4.78, 5) is 12.5. The molecule has 0 bridgehead atoms. The molecule has 0 aromatic heterocycles. The normalized spacial score (nSPS) is 26.8. The van der Waals surface area contributed by atoms with Gasteiger partial charge in [-0.15, -0.1) is 0 Å². The summed E-state index contributed by atoms with van der Waals surface area (Å²) >= 11 is 0. The number of amides is 1. The van der Waals surface area contributed by atoms with E-state index in [0.29, 0.717) is 18.7 Å². The Morgan fingerprint density at radius 1 is 1.38 bits per heavy atom. The SMILES string of the molecule is CCOC1CC(N)(C(=O)Nc2ccc(OC)cc2)C1(C)C. The lowest BCUT2D eigenvalue weighted by Crippen LogP contribution is -2.74. The van der Waals surface area contributed by atoms with Gasteiger partial charge in [-0.05, 0) is 31.2 Å². The average molecular weight is 292 g/mol. The van der Waals surface area contributed by atoms with Gasteiger partial charge in [-0.2, -0.15) is 0 Å². The molecule has 1 fully saturated rings. The van der Waals surface area contributed by atoms with E-state index in [9.17, 15) is 4.79 Å². The Kier molecular flexibility index (Phi) is 4.25. The van der Waals surface area contributed by atoms with E-state index in [4.69, 9.17) is 15.2 Å². The van der Waals surface area contributed by atoms with Gasteiger partial charge in [-0.3, -0.25) is 4.79 Å². The zero-order valence-electron chi connectivity index (χ0n) is 13.1. The summed E-state index contributed by atoms with van der Waals surface area (Å²) in [6, 6.07) is 7.19. The van der Waals surface area contributed by atoms with Crippen molar-refractivity contribution in [1.29, 1.82) is 0 Å². The largest absolute Gasteiger partial charge is 0.497 e. The number of methoxy groups -OCH3 is 1. The van der Waals surface area contributed by atoms with Crippen LogP contribution < -0.4 is 15.8 Å². The van der Waals surface area contributed by atoms with Crippen LogP contribution in [0.25, 0.3) is 0 Å². The van der Waals surface area contributed by atoms with Crippen LogP contribution in [-0.4, -0.2) is 31.3 Å². The Labute approximate surface area is 125 Å². The van der Waals surface area contributed by atoms with E-state index < -0.39 is 5.54 Å². The van der Waals surface area contributed by atoms with E-state index in [1.165, 1.54) is 0 Å². The highest BCUT2D eigenvalue weighted by atomic mass is 16.5. The quantitative estimate of drug-likeness (QED) is 0.872. The lowest BCUT2D eigenvalue weighted by atomic mass is 9.54. The summed E-state index contributed by atoms with van der Waals surface area (Å²) in [5.41, 5.74) is 5.74. The predicted molar refractivity (Wildman–Crippen MR) is 82.4 cm³/mol. The van der Waals surface area contributed by atoms with Gasteiger partial charge in [0.1, 0.15) is 11.3 Å². The van der Waals surface area contributed by atoms with Crippen LogP contribution in [0, 0.1) is 5.41 Å². The van der Waals surface area contributed by atoms with Gasteiger partial charge in [0.2, 0.25) is 5.91 Å². The molecule has 1 aromatic rings. The van der Waals surface area contributed by atoms with Crippen LogP contribution in [0.5, 0.6) is 5.75 Å². The molecule has 116 valence electrons. The first-order valence-electron chi connectivity index (χ1n) is 7.21. The summed E-state index contributed by atoms with van der Waals surface area (Å²) in [7, 11) is 1.60. The standard InChI is InChI=1S/C16H24N2O3/c1-5-21-13-10-16(17,15(13,2)3)14(19)18-11-6-8-12(20-4)9-7-11/h6-9,13H,5,10,17H2,1-4H3,(H,18,19). The summed E-state index contributed by atoms with van der Waals surface area (Å²) in [5, 5.41) is 2.88. The maximum atomic E-state index is 12.5. The van der Waals surface area contributed by atoms with Crippen molar-refractivity contribution in [3.63, 3.8) is 0 Å². The Bertz CT molecular complexity index is 513. The van der Waals surface area contributed by atoms with Crippen LogP contribution in [0.15, 0.2) is 24.3 Å². The minimum absolute atomic E-state index is 0.0223. The highest BCUT2D eigenvalue weighted by Gasteiger charge is 2.62. The second kappa shape index (κ2) is 5.66. The van der Waals surface area contributed by atoms with Crippen LogP contribution in [-0.2, 0) is 9.53 Å². The van der Waals surface area contributed by atoms with Gasteiger partial charge < -0.3 is 20.5 Å². The van der Waals surface area contributed by atoms with Gasteiger partial charge in [0, 0.05) is 24.1 Å². The third-order valence-electron chi connectivity index (χ3n) is 4.58. The Morgan fingerprint density at radius 3 is 2.48 bits per heavy atom. The van der Waals surface area contributed by atoms with Gasteiger partial charge in [-0.1, -0.05) is 13.8 Å². The molecule has 1 saturated carbocycles. The smallest absolute Gasteiger partial charge is 0.245 e. The zero-order chi connectivity index (χ0) is 15.7. The van der Waals surface area contributed by atoms with Crippen molar-refractivity contribution in [3.8, 4) is 5.75 Å². The second-order valence-corrected chi connectivity index (χ2v) is 6.02. The van der Waals surface area contributed by atoms with E-state index in [1.54, 1.807) is 31.4 Å². The lowest BCUT2D eigenvalue weighted by molar-refractivity contribution is -0.166. The molecule has 0 radical (unpaired) electrons. The van der Waals surface area contributed by atoms with Crippen LogP contribution in [0.1, 0.15) is 27.2 Å². The van der Waals surface area contributed by atoms with Crippen molar-refractivity contribution in [2.75, 3.05) is 19.0 Å². The maximum Gasteiger partial charge on any atom is 0.245 e. The van der Waals surface area contributed by atoms with Crippen molar-refractivity contribution >= 4 is 11.6 Å². The van der Waals surface area contributed by atoms with Crippen LogP contribution >= 0.6 is 0 Å². The zero-order valence-corrected chi connectivity index (χ0v) is 13.1. The fraction of sp³-hybridized carbons (Fsp3) is 0.562. The molecule has 2 atom stereocenters. The molecule has 3 N–H and O–H groups in total. The minimum Gasteiger partial charge on any atom is -0.497 e. The number of anilines is 1. The molecule has 2 unspecified atom stereocenters. The van der Waals surface area contributed by atoms with Gasteiger partial charge in [0.05, 0.1) is 13.2 Å². The molecule has 1 aliphatic rings. The molecule has 0 heterocycles. The first kappa shape index (κ1) is 15.8. The molecule has 0 spiro atoms. The average Bonchev–Trinajstić information content (AvgIpc) is 2.47. The molecule has 1 aromatic carbocycles. The van der Waals surface area contributed by atoms with E-state index in [1.807, 2.05) is 20.8 Å². The molecule has 0 saturated heterocycles. The summed E-state index contributed by atoms with van der Waals surface area (Å²) in [6.45, 7) is 6.53. The molecule has 5 heteroatoms. The van der Waals surface area contributed by atoms with E-state index >= 15 is 0 Å². The minimum atomic E-state index is -0.910.